The minimum Gasteiger partial charge on any atom is -0.327 e. The van der Waals surface area contributed by atoms with Gasteiger partial charge in [0.15, 0.2) is 0 Å². The third-order valence-corrected chi connectivity index (χ3v) is 5.57. The minimum atomic E-state index is -0.203. The molecule has 0 aromatic heterocycles. The molecule has 4 N–H and O–H groups in total. The van der Waals surface area contributed by atoms with E-state index in [2.05, 4.69) is 10.6 Å². The number of carbonyl (C=O) groups excluding carboxylic acids is 2. The van der Waals surface area contributed by atoms with Gasteiger partial charge in [0.2, 0.25) is 11.8 Å². The third kappa shape index (κ3) is 4.66. The van der Waals surface area contributed by atoms with Gasteiger partial charge >= 0.3 is 0 Å². The molecule has 7 heteroatoms. The smallest absolute Gasteiger partial charge is 0.227 e. The monoisotopic (exact) mass is 385 g/mol. The zero-order valence-electron chi connectivity index (χ0n) is 14.3. The predicted octanol–water partition coefficient (Wildman–Crippen LogP) is 3.81. The van der Waals surface area contributed by atoms with E-state index in [1.807, 2.05) is 0 Å². The van der Waals surface area contributed by atoms with Crippen molar-refractivity contribution in [1.82, 2.24) is 0 Å². The molecule has 0 aliphatic heterocycles. The fourth-order valence-electron chi connectivity index (χ4n) is 4.16. The zero-order valence-corrected chi connectivity index (χ0v) is 15.8. The topological polar surface area (TPSA) is 84.2 Å². The highest BCUT2D eigenvalue weighted by molar-refractivity contribution is 6.31. The van der Waals surface area contributed by atoms with Crippen LogP contribution in [0.5, 0.6) is 0 Å². The molecule has 2 amide bonds. The Bertz CT molecular complexity index is 639. The number of fused-ring (bicyclic) bond motifs is 2. The molecule has 0 radical (unpaired) electrons. The van der Waals surface area contributed by atoms with Crippen molar-refractivity contribution >= 4 is 47.2 Å². The van der Waals surface area contributed by atoms with Crippen LogP contribution >= 0.6 is 24.0 Å². The van der Waals surface area contributed by atoms with Gasteiger partial charge in [0.25, 0.3) is 0 Å². The first-order chi connectivity index (χ1) is 11.4. The fourth-order valence-corrected chi connectivity index (χ4v) is 4.33. The van der Waals surface area contributed by atoms with Gasteiger partial charge in [0.05, 0.1) is 11.4 Å². The van der Waals surface area contributed by atoms with E-state index in [1.54, 1.807) is 18.2 Å². The van der Waals surface area contributed by atoms with Crippen molar-refractivity contribution in [2.24, 2.45) is 23.5 Å². The molecule has 2 saturated carbocycles. The maximum atomic E-state index is 12.7. The van der Waals surface area contributed by atoms with Gasteiger partial charge in [-0.3, -0.25) is 9.59 Å². The first kappa shape index (κ1) is 20.0. The maximum absolute atomic E-state index is 12.7. The van der Waals surface area contributed by atoms with Gasteiger partial charge in [-0.2, -0.15) is 0 Å². The Morgan fingerprint density at radius 2 is 1.76 bits per heavy atom. The van der Waals surface area contributed by atoms with Crippen LogP contribution in [-0.4, -0.2) is 17.9 Å². The van der Waals surface area contributed by atoms with Gasteiger partial charge in [0.1, 0.15) is 0 Å². The summed E-state index contributed by atoms with van der Waals surface area (Å²) in [5, 5.41) is 6.18. The van der Waals surface area contributed by atoms with Crippen molar-refractivity contribution in [2.75, 3.05) is 10.6 Å². The third-order valence-electron chi connectivity index (χ3n) is 5.33. The molecular weight excluding hydrogens is 361 g/mol. The van der Waals surface area contributed by atoms with Crippen LogP contribution in [0.15, 0.2) is 18.2 Å². The lowest BCUT2D eigenvalue weighted by Gasteiger charge is -2.43. The zero-order chi connectivity index (χ0) is 17.3. The van der Waals surface area contributed by atoms with E-state index in [0.29, 0.717) is 28.2 Å². The molecule has 3 rings (SSSR count). The molecule has 2 bridgehead atoms. The van der Waals surface area contributed by atoms with Crippen molar-refractivity contribution in [2.45, 2.75) is 45.1 Å². The lowest BCUT2D eigenvalue weighted by atomic mass is 9.65. The van der Waals surface area contributed by atoms with Crippen molar-refractivity contribution in [3.05, 3.63) is 23.2 Å². The highest BCUT2D eigenvalue weighted by atomic mass is 35.5. The fraction of sp³-hybridized carbons (Fsp3) is 0.556. The Balaban J connectivity index is 0.00000225. The molecule has 0 spiro atoms. The van der Waals surface area contributed by atoms with Crippen LogP contribution < -0.4 is 16.4 Å². The Morgan fingerprint density at radius 1 is 1.12 bits per heavy atom. The second kappa shape index (κ2) is 8.39. The SMILES string of the molecule is CC(=O)Nc1cc(Cl)ccc1NC(=O)C1CC2CCCC(C1)C2N.Cl. The lowest BCUT2D eigenvalue weighted by molar-refractivity contribution is -0.122. The minimum absolute atomic E-state index is 0. The quantitative estimate of drug-likeness (QED) is 0.739. The molecular formula is C18H25Cl2N3O2. The number of hydrogen-bond donors (Lipinski definition) is 3. The summed E-state index contributed by atoms with van der Waals surface area (Å²) >= 11 is 5.99. The van der Waals surface area contributed by atoms with Crippen LogP contribution in [0.3, 0.4) is 0 Å². The summed E-state index contributed by atoms with van der Waals surface area (Å²) in [6, 6.07) is 5.31. The second-order valence-electron chi connectivity index (χ2n) is 7.06. The standard InChI is InChI=1S/C18H24ClN3O2.ClH/c1-10(23)21-16-9-14(19)5-6-15(16)22-18(24)13-7-11-3-2-4-12(8-13)17(11)20;/h5-6,9,11-13,17H,2-4,7-8,20H2,1H3,(H,21,23)(H,22,24);1H. The molecule has 2 fully saturated rings. The van der Waals surface area contributed by atoms with Gasteiger partial charge in [0, 0.05) is 23.9 Å². The van der Waals surface area contributed by atoms with Gasteiger partial charge < -0.3 is 16.4 Å². The van der Waals surface area contributed by atoms with E-state index in [-0.39, 0.29) is 36.2 Å². The van der Waals surface area contributed by atoms with E-state index in [0.717, 1.165) is 25.7 Å². The highest BCUT2D eigenvalue weighted by Gasteiger charge is 2.40. The number of anilines is 2. The van der Waals surface area contributed by atoms with E-state index < -0.39 is 0 Å². The van der Waals surface area contributed by atoms with Gasteiger partial charge in [-0.1, -0.05) is 18.0 Å². The number of rotatable bonds is 3. The van der Waals surface area contributed by atoms with Crippen LogP contribution in [0.4, 0.5) is 11.4 Å². The highest BCUT2D eigenvalue weighted by Crippen LogP contribution is 2.42. The summed E-state index contributed by atoms with van der Waals surface area (Å²) in [6.07, 6.45) is 5.18. The van der Waals surface area contributed by atoms with Crippen LogP contribution in [0, 0.1) is 17.8 Å². The van der Waals surface area contributed by atoms with Crippen LogP contribution in [0.25, 0.3) is 0 Å². The molecule has 2 atom stereocenters. The van der Waals surface area contributed by atoms with Crippen molar-refractivity contribution in [3.63, 3.8) is 0 Å². The molecule has 2 aliphatic rings. The number of nitrogens with one attached hydrogen (secondary N) is 2. The summed E-state index contributed by atoms with van der Waals surface area (Å²) in [4.78, 5) is 24.1. The molecule has 2 unspecified atom stereocenters. The number of halogens is 2. The van der Waals surface area contributed by atoms with E-state index in [4.69, 9.17) is 17.3 Å². The summed E-state index contributed by atoms with van der Waals surface area (Å²) in [6.45, 7) is 1.43. The van der Waals surface area contributed by atoms with E-state index in [9.17, 15) is 9.59 Å². The lowest BCUT2D eigenvalue weighted by Crippen LogP contribution is -2.48. The predicted molar refractivity (Wildman–Crippen MR) is 103 cm³/mol. The summed E-state index contributed by atoms with van der Waals surface area (Å²) in [7, 11) is 0. The van der Waals surface area contributed by atoms with Crippen molar-refractivity contribution < 1.29 is 9.59 Å². The number of hydrogen-bond acceptors (Lipinski definition) is 3. The normalized spacial score (nSPS) is 27.8. The molecule has 25 heavy (non-hydrogen) atoms. The first-order valence-electron chi connectivity index (χ1n) is 8.57. The summed E-state index contributed by atoms with van der Waals surface area (Å²) in [5.74, 6) is 0.696. The first-order valence-corrected chi connectivity index (χ1v) is 8.95. The molecule has 1 aromatic carbocycles. The molecule has 0 saturated heterocycles. The molecule has 138 valence electrons. The molecule has 5 nitrogen and oxygen atoms in total. The van der Waals surface area contributed by atoms with Crippen LogP contribution in [-0.2, 0) is 9.59 Å². The van der Waals surface area contributed by atoms with Crippen LogP contribution in [0.2, 0.25) is 5.02 Å². The number of carbonyl (C=O) groups is 2. The van der Waals surface area contributed by atoms with Gasteiger partial charge in [-0.15, -0.1) is 12.4 Å². The number of amides is 2. The summed E-state index contributed by atoms with van der Waals surface area (Å²) < 4.78 is 0. The van der Waals surface area contributed by atoms with Gasteiger partial charge in [-0.05, 0) is 55.7 Å². The van der Waals surface area contributed by atoms with Gasteiger partial charge in [-0.25, -0.2) is 0 Å². The average molecular weight is 386 g/mol. The van der Waals surface area contributed by atoms with Crippen LogP contribution in [0.1, 0.15) is 39.0 Å². The van der Waals surface area contributed by atoms with E-state index in [1.165, 1.54) is 13.3 Å². The van der Waals surface area contributed by atoms with Crippen molar-refractivity contribution in [3.8, 4) is 0 Å². The number of nitrogens with two attached hydrogens (primary N) is 1. The summed E-state index contributed by atoms with van der Waals surface area (Å²) in [5.41, 5.74) is 7.41. The largest absolute Gasteiger partial charge is 0.327 e. The Morgan fingerprint density at radius 3 is 2.36 bits per heavy atom. The molecule has 0 heterocycles. The Hall–Kier alpha value is -1.30. The van der Waals surface area contributed by atoms with E-state index >= 15 is 0 Å². The maximum Gasteiger partial charge on any atom is 0.227 e. The Kier molecular flexibility index (Phi) is 6.72. The average Bonchev–Trinajstić information content (AvgIpc) is 2.49. The molecule has 1 aromatic rings. The molecule has 2 aliphatic carbocycles. The Labute approximate surface area is 159 Å². The number of benzene rings is 1. The van der Waals surface area contributed by atoms with Crippen molar-refractivity contribution in [1.29, 1.82) is 0 Å². The second-order valence-corrected chi connectivity index (χ2v) is 7.49.